The van der Waals surface area contributed by atoms with Gasteiger partial charge in [0.2, 0.25) is 5.91 Å². The van der Waals surface area contributed by atoms with Crippen molar-refractivity contribution in [1.82, 2.24) is 4.90 Å². The first kappa shape index (κ1) is 15.6. The average molecular weight is 291 g/mol. The minimum Gasteiger partial charge on any atom is -0.325 e. The molecule has 0 fully saturated rings. The molecule has 0 aliphatic carbocycles. The number of nitrogens with zero attached hydrogens (tertiary/aromatic N) is 1. The van der Waals surface area contributed by atoms with Crippen molar-refractivity contribution >= 4 is 25.6 Å². The normalized spacial score (nSPS) is 21.9. The van der Waals surface area contributed by atoms with Gasteiger partial charge in [-0.2, -0.15) is 0 Å². The Labute approximate surface area is 113 Å². The molecular weight excluding hydrogens is 270 g/mol. The van der Waals surface area contributed by atoms with Crippen LogP contribution in [0, 0.1) is 0 Å². The first-order valence-electron chi connectivity index (χ1n) is 5.75. The molecule has 4 nitrogen and oxygen atoms in total. The molecule has 0 N–H and O–H groups in total. The van der Waals surface area contributed by atoms with E-state index in [0.29, 0.717) is 5.75 Å². The van der Waals surface area contributed by atoms with Crippen LogP contribution in [-0.4, -0.2) is 42.3 Å². The maximum Gasteiger partial charge on any atom is 0.220 e. The highest BCUT2D eigenvalue weighted by molar-refractivity contribution is 8.71. The van der Waals surface area contributed by atoms with E-state index in [0.717, 1.165) is 16.4 Å². The molecule has 0 saturated heterocycles. The third kappa shape index (κ3) is 3.09. The van der Waals surface area contributed by atoms with E-state index in [1.54, 1.807) is 11.8 Å². The van der Waals surface area contributed by atoms with Crippen molar-refractivity contribution in [2.45, 2.75) is 45.7 Å². The van der Waals surface area contributed by atoms with E-state index in [1.165, 1.54) is 6.26 Å². The summed E-state index contributed by atoms with van der Waals surface area (Å²) in [6.07, 6.45) is 3.21. The predicted octanol–water partition coefficient (Wildman–Crippen LogP) is 2.02. The quantitative estimate of drug-likeness (QED) is 0.590. The minimum absolute atomic E-state index is 0.000561. The summed E-state index contributed by atoms with van der Waals surface area (Å²) in [5.41, 5.74) is 0.175. The van der Waals surface area contributed by atoms with Gasteiger partial charge in [-0.25, -0.2) is 8.42 Å². The SMILES string of the molecule is CC(=O)N1C(C)(C)C=C(CSS(C)(=O)=O)C1(C)C. The fraction of sp³-hybridized carbons (Fsp3) is 0.750. The molecule has 6 heteroatoms. The van der Waals surface area contributed by atoms with Gasteiger partial charge < -0.3 is 4.90 Å². The Kier molecular flexibility index (Phi) is 3.94. The number of amides is 1. The molecular formula is C12H21NO3S2. The van der Waals surface area contributed by atoms with Crippen molar-refractivity contribution in [1.29, 1.82) is 0 Å². The Morgan fingerprint density at radius 1 is 1.33 bits per heavy atom. The van der Waals surface area contributed by atoms with Gasteiger partial charge in [0.1, 0.15) is 0 Å². The largest absolute Gasteiger partial charge is 0.325 e. The molecule has 1 rings (SSSR count). The van der Waals surface area contributed by atoms with Crippen LogP contribution in [0.15, 0.2) is 11.6 Å². The van der Waals surface area contributed by atoms with E-state index < -0.39 is 14.4 Å². The van der Waals surface area contributed by atoms with Crippen LogP contribution in [0.1, 0.15) is 34.6 Å². The Morgan fingerprint density at radius 2 is 1.83 bits per heavy atom. The van der Waals surface area contributed by atoms with Crippen LogP contribution in [0.2, 0.25) is 0 Å². The summed E-state index contributed by atoms with van der Waals surface area (Å²) < 4.78 is 22.5. The van der Waals surface area contributed by atoms with Gasteiger partial charge in [0.15, 0.2) is 8.87 Å². The molecule has 0 saturated carbocycles. The van der Waals surface area contributed by atoms with Crippen LogP contribution in [0.3, 0.4) is 0 Å². The first-order chi connectivity index (χ1) is 7.88. The molecule has 0 bridgehead atoms. The summed E-state index contributed by atoms with van der Waals surface area (Å²) in [4.78, 5) is 13.6. The van der Waals surface area contributed by atoms with Crippen molar-refractivity contribution in [3.63, 3.8) is 0 Å². The molecule has 0 aromatic heterocycles. The van der Waals surface area contributed by atoms with E-state index in [4.69, 9.17) is 0 Å². The van der Waals surface area contributed by atoms with Gasteiger partial charge in [0.05, 0.1) is 11.1 Å². The molecule has 1 amide bonds. The zero-order valence-corrected chi connectivity index (χ0v) is 13.4. The van der Waals surface area contributed by atoms with Crippen LogP contribution >= 0.6 is 10.8 Å². The molecule has 0 radical (unpaired) electrons. The molecule has 104 valence electrons. The van der Waals surface area contributed by atoms with Crippen LogP contribution in [-0.2, 0) is 13.7 Å². The molecule has 0 aromatic carbocycles. The van der Waals surface area contributed by atoms with Crippen molar-refractivity contribution in [2.24, 2.45) is 0 Å². The summed E-state index contributed by atoms with van der Waals surface area (Å²) >= 11 is 0. The van der Waals surface area contributed by atoms with E-state index >= 15 is 0 Å². The van der Waals surface area contributed by atoms with Crippen molar-refractivity contribution in [3.05, 3.63) is 11.6 Å². The van der Waals surface area contributed by atoms with Crippen LogP contribution in [0.25, 0.3) is 0 Å². The topological polar surface area (TPSA) is 54.5 Å². The fourth-order valence-electron chi connectivity index (χ4n) is 2.72. The zero-order valence-electron chi connectivity index (χ0n) is 11.8. The Morgan fingerprint density at radius 3 is 2.17 bits per heavy atom. The molecule has 0 spiro atoms. The highest BCUT2D eigenvalue weighted by Crippen LogP contribution is 2.41. The van der Waals surface area contributed by atoms with Crippen LogP contribution < -0.4 is 0 Å². The first-order valence-corrected chi connectivity index (χ1v) is 9.15. The second kappa shape index (κ2) is 4.56. The number of hydrogen-bond donors (Lipinski definition) is 0. The molecule has 0 aromatic rings. The van der Waals surface area contributed by atoms with Gasteiger partial charge in [-0.3, -0.25) is 4.79 Å². The lowest BCUT2D eigenvalue weighted by Crippen LogP contribution is -2.52. The van der Waals surface area contributed by atoms with E-state index in [9.17, 15) is 13.2 Å². The second-order valence-electron chi connectivity index (χ2n) is 5.70. The number of rotatable bonds is 3. The maximum absolute atomic E-state index is 11.8. The van der Waals surface area contributed by atoms with Gasteiger partial charge in [-0.05, 0) is 44.1 Å². The Balaban J connectivity index is 3.04. The standard InChI is InChI=1S/C12H21NO3S2/c1-9(14)13-11(2,3)7-10(12(13,4)5)8-17-18(6,15)16/h7H,8H2,1-6H3. The smallest absolute Gasteiger partial charge is 0.220 e. The highest BCUT2D eigenvalue weighted by Gasteiger charge is 2.46. The number of hydrogen-bond acceptors (Lipinski definition) is 4. The lowest BCUT2D eigenvalue weighted by molar-refractivity contribution is -0.136. The van der Waals surface area contributed by atoms with Gasteiger partial charge in [0.25, 0.3) is 0 Å². The van der Waals surface area contributed by atoms with Gasteiger partial charge in [-0.1, -0.05) is 6.08 Å². The molecule has 18 heavy (non-hydrogen) atoms. The molecule has 1 aliphatic rings. The summed E-state index contributed by atoms with van der Waals surface area (Å²) in [5, 5.41) is 0. The lowest BCUT2D eigenvalue weighted by Gasteiger charge is -2.41. The predicted molar refractivity (Wildman–Crippen MR) is 76.1 cm³/mol. The third-order valence-electron chi connectivity index (χ3n) is 3.19. The summed E-state index contributed by atoms with van der Waals surface area (Å²) in [6, 6.07) is 0. The van der Waals surface area contributed by atoms with Crippen molar-refractivity contribution in [2.75, 3.05) is 12.0 Å². The average Bonchev–Trinajstić information content (AvgIpc) is 2.26. The molecule has 1 heterocycles. The van der Waals surface area contributed by atoms with E-state index in [1.807, 2.05) is 33.8 Å². The van der Waals surface area contributed by atoms with Crippen LogP contribution in [0.5, 0.6) is 0 Å². The minimum atomic E-state index is -3.06. The number of carbonyl (C=O) groups excluding carboxylic acids is 1. The molecule has 0 unspecified atom stereocenters. The zero-order chi connectivity index (χ0) is 14.4. The van der Waals surface area contributed by atoms with Crippen molar-refractivity contribution in [3.8, 4) is 0 Å². The van der Waals surface area contributed by atoms with Gasteiger partial charge >= 0.3 is 0 Å². The fourth-order valence-corrected chi connectivity index (χ4v) is 4.52. The van der Waals surface area contributed by atoms with Gasteiger partial charge in [-0.15, -0.1) is 0 Å². The number of carbonyl (C=O) groups is 1. The maximum atomic E-state index is 11.8. The summed E-state index contributed by atoms with van der Waals surface area (Å²) in [5.74, 6) is 0.402. The Hall–Kier alpha value is -0.490. The van der Waals surface area contributed by atoms with E-state index in [2.05, 4.69) is 0 Å². The highest BCUT2D eigenvalue weighted by atomic mass is 33.1. The third-order valence-corrected chi connectivity index (χ3v) is 5.69. The Bertz CT molecular complexity index is 489. The molecule has 0 atom stereocenters. The monoisotopic (exact) mass is 291 g/mol. The molecule has 1 aliphatic heterocycles. The summed E-state index contributed by atoms with van der Waals surface area (Å²) in [7, 11) is -2.15. The van der Waals surface area contributed by atoms with Gasteiger partial charge in [0, 0.05) is 18.9 Å². The van der Waals surface area contributed by atoms with Crippen LogP contribution in [0.4, 0.5) is 0 Å². The summed E-state index contributed by atoms with van der Waals surface area (Å²) in [6.45, 7) is 9.39. The second-order valence-corrected chi connectivity index (χ2v) is 10.2. The van der Waals surface area contributed by atoms with Crippen molar-refractivity contribution < 1.29 is 13.2 Å². The lowest BCUT2D eigenvalue weighted by atomic mass is 9.97. The van der Waals surface area contributed by atoms with E-state index in [-0.39, 0.29) is 11.4 Å².